The zero-order chi connectivity index (χ0) is 11.2. The van der Waals surface area contributed by atoms with E-state index in [9.17, 15) is 22.0 Å². The maximum Gasteiger partial charge on any atom is 0.311 e. The van der Waals surface area contributed by atoms with Crippen molar-refractivity contribution in [1.29, 1.82) is 0 Å². The third-order valence-corrected chi connectivity index (χ3v) is 4.08. The molecule has 1 aliphatic heterocycles. The lowest BCUT2D eigenvalue weighted by atomic mass is 9.85. The smallest absolute Gasteiger partial charge is 0.311 e. The number of halogens is 2. The summed E-state index contributed by atoms with van der Waals surface area (Å²) in [5.74, 6) is -5.99. The molecule has 0 spiro atoms. The van der Waals surface area contributed by atoms with E-state index in [1.54, 1.807) is 0 Å². The fraction of sp³-hybridized carbons (Fsp3) is 0.857. The Morgan fingerprint density at radius 1 is 1.50 bits per heavy atom. The Bertz CT molecular complexity index is 342. The second-order valence-corrected chi connectivity index (χ2v) is 5.93. The van der Waals surface area contributed by atoms with E-state index in [0.29, 0.717) is 6.92 Å². The van der Waals surface area contributed by atoms with Gasteiger partial charge in [0, 0.05) is 6.42 Å². The highest BCUT2D eigenvalue weighted by molar-refractivity contribution is 7.93. The minimum Gasteiger partial charge on any atom is -0.481 e. The molecule has 0 aromatic carbocycles. The summed E-state index contributed by atoms with van der Waals surface area (Å²) in [5, 5.41) is 8.68. The zero-order valence-corrected chi connectivity index (χ0v) is 8.27. The standard InChI is InChI=1S/C7H10F2O4S/c1-6(8,9)2-7(5(10)11)3-14(12,13)4-7/h2-4H2,1H3,(H,10,11). The van der Waals surface area contributed by atoms with Crippen molar-refractivity contribution in [3.63, 3.8) is 0 Å². The normalized spacial score (nSPS) is 23.9. The first-order chi connectivity index (χ1) is 6.06. The van der Waals surface area contributed by atoms with Crippen LogP contribution in [-0.4, -0.2) is 36.9 Å². The van der Waals surface area contributed by atoms with Gasteiger partial charge in [-0.15, -0.1) is 0 Å². The zero-order valence-electron chi connectivity index (χ0n) is 7.46. The number of rotatable bonds is 3. The Labute approximate surface area is 79.8 Å². The summed E-state index contributed by atoms with van der Waals surface area (Å²) in [4.78, 5) is 10.7. The van der Waals surface area contributed by atoms with E-state index in [1.165, 1.54) is 0 Å². The van der Waals surface area contributed by atoms with E-state index in [0.717, 1.165) is 0 Å². The van der Waals surface area contributed by atoms with Gasteiger partial charge in [-0.25, -0.2) is 17.2 Å². The summed E-state index contributed by atoms with van der Waals surface area (Å²) in [6.07, 6.45) is -0.922. The van der Waals surface area contributed by atoms with Gasteiger partial charge in [0.1, 0.15) is 5.41 Å². The van der Waals surface area contributed by atoms with Crippen LogP contribution in [0, 0.1) is 5.41 Å². The average molecular weight is 228 g/mol. The fourth-order valence-corrected chi connectivity index (χ4v) is 3.75. The van der Waals surface area contributed by atoms with Crippen LogP contribution in [-0.2, 0) is 14.6 Å². The Kier molecular flexibility index (Phi) is 2.34. The van der Waals surface area contributed by atoms with Crippen LogP contribution in [0.15, 0.2) is 0 Å². The molecule has 1 heterocycles. The molecule has 0 unspecified atom stereocenters. The molecule has 1 fully saturated rings. The summed E-state index contributed by atoms with van der Waals surface area (Å²) < 4.78 is 46.8. The van der Waals surface area contributed by atoms with Gasteiger partial charge in [-0.1, -0.05) is 0 Å². The first-order valence-electron chi connectivity index (χ1n) is 3.88. The van der Waals surface area contributed by atoms with Crippen molar-refractivity contribution in [3.05, 3.63) is 0 Å². The largest absolute Gasteiger partial charge is 0.481 e. The predicted molar refractivity (Wildman–Crippen MR) is 44.0 cm³/mol. The minimum atomic E-state index is -3.42. The molecule has 0 aliphatic carbocycles. The molecule has 7 heteroatoms. The highest BCUT2D eigenvalue weighted by Gasteiger charge is 2.57. The number of aliphatic carboxylic acids is 1. The number of carbonyl (C=O) groups is 1. The maximum atomic E-state index is 12.6. The van der Waals surface area contributed by atoms with Gasteiger partial charge >= 0.3 is 5.97 Å². The average Bonchev–Trinajstić information content (AvgIpc) is 1.77. The molecule has 1 saturated heterocycles. The third-order valence-electron chi connectivity index (χ3n) is 2.09. The molecular formula is C7H10F2O4S. The highest BCUT2D eigenvalue weighted by Crippen LogP contribution is 2.41. The molecule has 0 bridgehead atoms. The minimum absolute atomic E-state index is 0.586. The lowest BCUT2D eigenvalue weighted by Gasteiger charge is -2.38. The third kappa shape index (κ3) is 2.20. The molecule has 0 amide bonds. The topological polar surface area (TPSA) is 71.4 Å². The molecule has 0 aromatic rings. The lowest BCUT2D eigenvalue weighted by molar-refractivity contribution is -0.152. The predicted octanol–water partition coefficient (Wildman–Crippen LogP) is 0.531. The second-order valence-electron chi connectivity index (χ2n) is 3.86. The van der Waals surface area contributed by atoms with Crippen molar-refractivity contribution in [2.75, 3.05) is 11.5 Å². The first-order valence-corrected chi connectivity index (χ1v) is 5.70. The van der Waals surface area contributed by atoms with Gasteiger partial charge in [0.25, 0.3) is 0 Å². The Morgan fingerprint density at radius 3 is 2.14 bits per heavy atom. The van der Waals surface area contributed by atoms with Crippen molar-refractivity contribution in [1.82, 2.24) is 0 Å². The molecular weight excluding hydrogens is 218 g/mol. The van der Waals surface area contributed by atoms with Gasteiger partial charge in [-0.05, 0) is 6.92 Å². The summed E-state index contributed by atoms with van der Waals surface area (Å²) in [6, 6.07) is 0. The van der Waals surface area contributed by atoms with Crippen molar-refractivity contribution in [2.24, 2.45) is 5.41 Å². The van der Waals surface area contributed by atoms with Gasteiger partial charge in [0.2, 0.25) is 5.92 Å². The molecule has 82 valence electrons. The van der Waals surface area contributed by atoms with Crippen molar-refractivity contribution >= 4 is 15.8 Å². The van der Waals surface area contributed by atoms with Crippen LogP contribution in [0.5, 0.6) is 0 Å². The number of sulfone groups is 1. The van der Waals surface area contributed by atoms with Crippen LogP contribution in [0.2, 0.25) is 0 Å². The summed E-state index contributed by atoms with van der Waals surface area (Å²) in [7, 11) is -3.42. The van der Waals surface area contributed by atoms with Crippen molar-refractivity contribution in [2.45, 2.75) is 19.3 Å². The van der Waals surface area contributed by atoms with E-state index in [-0.39, 0.29) is 0 Å². The molecule has 14 heavy (non-hydrogen) atoms. The second kappa shape index (κ2) is 2.88. The number of carboxylic acid groups (broad SMARTS) is 1. The molecule has 1 N–H and O–H groups in total. The van der Waals surface area contributed by atoms with Crippen LogP contribution in [0.25, 0.3) is 0 Å². The number of alkyl halides is 2. The quantitative estimate of drug-likeness (QED) is 0.764. The number of hydrogen-bond donors (Lipinski definition) is 1. The monoisotopic (exact) mass is 228 g/mol. The summed E-state index contributed by atoms with van der Waals surface area (Å²) in [5.41, 5.74) is -1.78. The van der Waals surface area contributed by atoms with Crippen molar-refractivity contribution < 1.29 is 27.1 Å². The van der Waals surface area contributed by atoms with Gasteiger partial charge in [-0.2, -0.15) is 0 Å². The molecule has 0 saturated carbocycles. The molecule has 1 aliphatic rings. The summed E-state index contributed by atoms with van der Waals surface area (Å²) in [6.45, 7) is 0.586. The first kappa shape index (κ1) is 11.4. The van der Waals surface area contributed by atoms with E-state index in [1.807, 2.05) is 0 Å². The molecule has 1 rings (SSSR count). The van der Waals surface area contributed by atoms with Crippen LogP contribution in [0.3, 0.4) is 0 Å². The van der Waals surface area contributed by atoms with Crippen LogP contribution in [0.4, 0.5) is 8.78 Å². The number of carboxylic acids is 1. The Morgan fingerprint density at radius 2 is 1.93 bits per heavy atom. The Balaban J connectivity index is 2.84. The maximum absolute atomic E-state index is 12.6. The van der Waals surface area contributed by atoms with E-state index >= 15 is 0 Å². The summed E-state index contributed by atoms with van der Waals surface area (Å²) >= 11 is 0. The number of hydrogen-bond acceptors (Lipinski definition) is 3. The van der Waals surface area contributed by atoms with E-state index < -0.39 is 45.1 Å². The van der Waals surface area contributed by atoms with Crippen LogP contribution in [0.1, 0.15) is 13.3 Å². The van der Waals surface area contributed by atoms with Gasteiger partial charge < -0.3 is 5.11 Å². The van der Waals surface area contributed by atoms with Gasteiger partial charge in [-0.3, -0.25) is 4.79 Å². The fourth-order valence-electron chi connectivity index (χ4n) is 1.69. The van der Waals surface area contributed by atoms with E-state index in [4.69, 9.17) is 5.11 Å². The SMILES string of the molecule is CC(F)(F)CC1(C(=O)O)CS(=O)(=O)C1. The Hall–Kier alpha value is -0.720. The van der Waals surface area contributed by atoms with Gasteiger partial charge in [0.15, 0.2) is 9.84 Å². The van der Waals surface area contributed by atoms with Crippen LogP contribution < -0.4 is 0 Å². The lowest BCUT2D eigenvalue weighted by Crippen LogP contribution is -2.55. The van der Waals surface area contributed by atoms with Gasteiger partial charge in [0.05, 0.1) is 11.5 Å². The highest BCUT2D eigenvalue weighted by atomic mass is 32.2. The molecule has 4 nitrogen and oxygen atoms in total. The molecule has 0 radical (unpaired) electrons. The van der Waals surface area contributed by atoms with E-state index in [2.05, 4.69) is 0 Å². The molecule has 0 aromatic heterocycles. The van der Waals surface area contributed by atoms with Crippen molar-refractivity contribution in [3.8, 4) is 0 Å². The molecule has 0 atom stereocenters. The van der Waals surface area contributed by atoms with Crippen LogP contribution >= 0.6 is 0 Å².